The number of nitrogens with one attached hydrogen (secondary N) is 3. The van der Waals surface area contributed by atoms with E-state index in [2.05, 4.69) is 20.9 Å². The van der Waals surface area contributed by atoms with Crippen LogP contribution < -0.4 is 16.0 Å². The Labute approximate surface area is 263 Å². The summed E-state index contributed by atoms with van der Waals surface area (Å²) < 4.78 is 5.00. The van der Waals surface area contributed by atoms with Gasteiger partial charge in [-0.15, -0.1) is 23.1 Å². The van der Waals surface area contributed by atoms with Crippen molar-refractivity contribution >= 4 is 63.6 Å². The van der Waals surface area contributed by atoms with Gasteiger partial charge in [0.25, 0.3) is 11.8 Å². The molecule has 0 radical (unpaired) electrons. The predicted octanol–water partition coefficient (Wildman–Crippen LogP) is 5.95. The first kappa shape index (κ1) is 30.7. The molecule has 9 nitrogen and oxygen atoms in total. The van der Waals surface area contributed by atoms with Crippen molar-refractivity contribution < 1.29 is 23.9 Å². The number of thiophene rings is 1. The topological polar surface area (TPSA) is 126 Å². The number of esters is 1. The summed E-state index contributed by atoms with van der Waals surface area (Å²) >= 11 is 2.74. The van der Waals surface area contributed by atoms with Gasteiger partial charge in [0, 0.05) is 33.4 Å². The number of carbonyl (C=O) groups excluding carboxylic acids is 4. The van der Waals surface area contributed by atoms with Crippen LogP contribution in [0.15, 0.2) is 89.7 Å². The lowest BCUT2D eigenvalue weighted by atomic mass is 9.95. The lowest BCUT2D eigenvalue weighted by Crippen LogP contribution is -2.30. The van der Waals surface area contributed by atoms with Crippen LogP contribution in [-0.2, 0) is 27.2 Å². The standard InChI is InChI=1S/C33H30N4O5S2/c1-42-33(41)29-25-14-5-6-15-27(25)44-32(29)37-28(38)20-43-24-13-7-12-23(18-24)35-31(40)26(17-21-9-8-16-34-19-21)36-30(39)22-10-3-2-4-11-22/h2-4,7-13,16-19H,5-6,14-15,20H2,1H3,(H,35,40)(H,36,39)(H,37,38)/b26-17-. The second-order valence-electron chi connectivity index (χ2n) is 9.89. The number of hydrogen-bond acceptors (Lipinski definition) is 8. The van der Waals surface area contributed by atoms with Gasteiger partial charge in [-0.05, 0) is 79.3 Å². The molecule has 11 heteroatoms. The monoisotopic (exact) mass is 626 g/mol. The Hall–Kier alpha value is -4.74. The highest BCUT2D eigenvalue weighted by molar-refractivity contribution is 8.00. The van der Waals surface area contributed by atoms with Crippen molar-refractivity contribution in [1.82, 2.24) is 10.3 Å². The summed E-state index contributed by atoms with van der Waals surface area (Å²) in [6.45, 7) is 0. The van der Waals surface area contributed by atoms with Crippen LogP contribution >= 0.6 is 23.1 Å². The maximum absolute atomic E-state index is 13.3. The van der Waals surface area contributed by atoms with E-state index in [1.807, 2.05) is 6.07 Å². The molecule has 0 saturated heterocycles. The zero-order chi connectivity index (χ0) is 30.9. The third-order valence-corrected chi connectivity index (χ3v) is 9.00. The highest BCUT2D eigenvalue weighted by atomic mass is 32.2. The Morgan fingerprint density at radius 3 is 2.57 bits per heavy atom. The normalized spacial score (nSPS) is 12.5. The summed E-state index contributed by atoms with van der Waals surface area (Å²) in [5.41, 5.74) is 3.04. The second kappa shape index (κ2) is 14.6. The van der Waals surface area contributed by atoms with E-state index in [1.54, 1.807) is 79.1 Å². The van der Waals surface area contributed by atoms with E-state index in [4.69, 9.17) is 4.74 Å². The number of thioether (sulfide) groups is 1. The van der Waals surface area contributed by atoms with E-state index in [-0.39, 0.29) is 17.4 Å². The first-order chi connectivity index (χ1) is 21.4. The van der Waals surface area contributed by atoms with E-state index in [0.29, 0.717) is 27.4 Å². The number of hydrogen-bond donors (Lipinski definition) is 3. The Balaban J connectivity index is 1.25. The number of fused-ring (bicyclic) bond motifs is 1. The van der Waals surface area contributed by atoms with E-state index >= 15 is 0 Å². The van der Waals surface area contributed by atoms with Gasteiger partial charge in [-0.25, -0.2) is 4.79 Å². The van der Waals surface area contributed by atoms with Gasteiger partial charge in [0.15, 0.2) is 0 Å². The largest absolute Gasteiger partial charge is 0.465 e. The van der Waals surface area contributed by atoms with Crippen LogP contribution in [-0.4, -0.2) is 41.5 Å². The number of aromatic nitrogens is 1. The highest BCUT2D eigenvalue weighted by Crippen LogP contribution is 2.38. The van der Waals surface area contributed by atoms with Crippen molar-refractivity contribution in [3.8, 4) is 0 Å². The molecule has 0 saturated carbocycles. The predicted molar refractivity (Wildman–Crippen MR) is 173 cm³/mol. The summed E-state index contributed by atoms with van der Waals surface area (Å²) in [6, 6.07) is 19.2. The molecule has 1 aliphatic rings. The molecule has 2 heterocycles. The summed E-state index contributed by atoms with van der Waals surface area (Å²) in [5, 5.41) is 8.98. The van der Waals surface area contributed by atoms with Crippen LogP contribution in [0, 0.1) is 0 Å². The number of ether oxygens (including phenoxy) is 1. The molecule has 3 amide bonds. The lowest BCUT2D eigenvalue weighted by Gasteiger charge is -2.12. The molecule has 2 aromatic heterocycles. The number of carbonyl (C=O) groups is 4. The van der Waals surface area contributed by atoms with Crippen LogP contribution in [0.5, 0.6) is 0 Å². The number of pyridine rings is 1. The Bertz CT molecular complexity index is 1700. The molecule has 0 aliphatic heterocycles. The van der Waals surface area contributed by atoms with Crippen molar-refractivity contribution in [2.24, 2.45) is 0 Å². The third-order valence-electron chi connectivity index (χ3n) is 6.80. The fourth-order valence-corrected chi connectivity index (χ4v) is 6.76. The average molecular weight is 627 g/mol. The summed E-state index contributed by atoms with van der Waals surface area (Å²) in [6.07, 6.45) is 8.51. The van der Waals surface area contributed by atoms with Crippen LogP contribution in [0.1, 0.15) is 49.6 Å². The molecule has 0 atom stereocenters. The molecule has 0 unspecified atom stereocenters. The van der Waals surface area contributed by atoms with Crippen LogP contribution in [0.25, 0.3) is 6.08 Å². The van der Waals surface area contributed by atoms with E-state index < -0.39 is 17.8 Å². The zero-order valence-corrected chi connectivity index (χ0v) is 25.6. The van der Waals surface area contributed by atoms with Crippen molar-refractivity contribution in [1.29, 1.82) is 0 Å². The zero-order valence-electron chi connectivity index (χ0n) is 23.9. The van der Waals surface area contributed by atoms with Gasteiger partial charge < -0.3 is 20.7 Å². The van der Waals surface area contributed by atoms with E-state index in [1.165, 1.54) is 30.2 Å². The minimum absolute atomic E-state index is 0.0457. The highest BCUT2D eigenvalue weighted by Gasteiger charge is 2.27. The fourth-order valence-electron chi connectivity index (χ4n) is 4.72. The van der Waals surface area contributed by atoms with Gasteiger partial charge in [0.1, 0.15) is 10.7 Å². The number of nitrogens with zero attached hydrogens (tertiary/aromatic N) is 1. The van der Waals surface area contributed by atoms with Gasteiger partial charge in [0.05, 0.1) is 18.4 Å². The first-order valence-electron chi connectivity index (χ1n) is 14.0. The molecular formula is C33H30N4O5S2. The molecule has 5 rings (SSSR count). The van der Waals surface area contributed by atoms with Crippen molar-refractivity contribution in [2.75, 3.05) is 23.5 Å². The first-order valence-corrected chi connectivity index (χ1v) is 15.8. The molecule has 1 aliphatic carbocycles. The van der Waals surface area contributed by atoms with Gasteiger partial charge in [-0.1, -0.05) is 30.3 Å². The minimum atomic E-state index is -0.518. The Kier molecular flexibility index (Phi) is 10.2. The molecule has 3 N–H and O–H groups in total. The summed E-state index contributed by atoms with van der Waals surface area (Å²) in [5.74, 6) is -1.53. The van der Waals surface area contributed by atoms with E-state index in [0.717, 1.165) is 41.0 Å². The van der Waals surface area contributed by atoms with Crippen LogP contribution in [0.4, 0.5) is 10.7 Å². The maximum Gasteiger partial charge on any atom is 0.341 e. The Morgan fingerprint density at radius 1 is 0.977 bits per heavy atom. The number of aryl methyl sites for hydroxylation is 1. The SMILES string of the molecule is COC(=O)c1c(NC(=O)CSc2cccc(NC(=O)/C(=C/c3cccnc3)NC(=O)c3ccccc3)c2)sc2c1CCCC2. The Morgan fingerprint density at radius 2 is 1.80 bits per heavy atom. The van der Waals surface area contributed by atoms with Gasteiger partial charge in [-0.3, -0.25) is 19.4 Å². The number of methoxy groups -OCH3 is 1. The quantitative estimate of drug-likeness (QED) is 0.113. The minimum Gasteiger partial charge on any atom is -0.465 e. The van der Waals surface area contributed by atoms with Crippen molar-refractivity contribution in [2.45, 2.75) is 30.6 Å². The van der Waals surface area contributed by atoms with Crippen LogP contribution in [0.3, 0.4) is 0 Å². The van der Waals surface area contributed by atoms with Gasteiger partial charge in [-0.2, -0.15) is 0 Å². The molecule has 0 fully saturated rings. The molecule has 0 spiro atoms. The molecule has 2 aromatic carbocycles. The van der Waals surface area contributed by atoms with Gasteiger partial charge >= 0.3 is 5.97 Å². The van der Waals surface area contributed by atoms with E-state index in [9.17, 15) is 19.2 Å². The lowest BCUT2D eigenvalue weighted by molar-refractivity contribution is -0.114. The van der Waals surface area contributed by atoms with Gasteiger partial charge in [0.2, 0.25) is 5.91 Å². The number of amides is 3. The van der Waals surface area contributed by atoms with Crippen molar-refractivity contribution in [3.05, 3.63) is 112 Å². The molecule has 44 heavy (non-hydrogen) atoms. The van der Waals surface area contributed by atoms with Crippen molar-refractivity contribution in [3.63, 3.8) is 0 Å². The second-order valence-corrected chi connectivity index (χ2v) is 12.0. The number of rotatable bonds is 10. The number of benzene rings is 2. The molecule has 224 valence electrons. The van der Waals surface area contributed by atoms with Crippen LogP contribution in [0.2, 0.25) is 0 Å². The molecular weight excluding hydrogens is 597 g/mol. The smallest absolute Gasteiger partial charge is 0.341 e. The molecule has 0 bridgehead atoms. The maximum atomic E-state index is 13.3. The number of anilines is 2. The third kappa shape index (κ3) is 7.80. The summed E-state index contributed by atoms with van der Waals surface area (Å²) in [4.78, 5) is 57.6. The summed E-state index contributed by atoms with van der Waals surface area (Å²) in [7, 11) is 1.34. The fraction of sp³-hybridized carbons (Fsp3) is 0.182. The average Bonchev–Trinajstić information content (AvgIpc) is 3.41. The molecule has 4 aromatic rings.